The van der Waals surface area contributed by atoms with Gasteiger partial charge in [-0.05, 0) is 110 Å². The van der Waals surface area contributed by atoms with Gasteiger partial charge in [-0.3, -0.25) is 0 Å². The molecule has 1 aliphatic heterocycles. The number of nitrogens with zero attached hydrogens (tertiary/aromatic N) is 2. The molecule has 0 unspecified atom stereocenters. The molecule has 1 fully saturated rings. The summed E-state index contributed by atoms with van der Waals surface area (Å²) in [5.41, 5.74) is 5.59. The van der Waals surface area contributed by atoms with E-state index in [0.717, 1.165) is 76.2 Å². The normalized spacial score (nSPS) is 16.9. The van der Waals surface area contributed by atoms with Crippen LogP contribution < -0.4 is 19.1 Å². The van der Waals surface area contributed by atoms with Crippen LogP contribution in [0.15, 0.2) is 48.5 Å². The summed E-state index contributed by atoms with van der Waals surface area (Å²) >= 11 is 0. The van der Waals surface area contributed by atoms with E-state index in [0.29, 0.717) is 36.3 Å². The Kier molecular flexibility index (Phi) is 10.9. The monoisotopic (exact) mass is 606 g/mol. The zero-order valence-corrected chi connectivity index (χ0v) is 26.6. The highest BCUT2D eigenvalue weighted by atomic mass is 19.1. The van der Waals surface area contributed by atoms with Crippen molar-refractivity contribution in [1.29, 1.82) is 0 Å². The Morgan fingerprint density at radius 2 is 1.70 bits per heavy atom. The van der Waals surface area contributed by atoms with Gasteiger partial charge in [-0.15, -0.1) is 0 Å². The van der Waals surface area contributed by atoms with Crippen molar-refractivity contribution >= 4 is 5.69 Å². The van der Waals surface area contributed by atoms with Crippen molar-refractivity contribution in [3.8, 4) is 23.0 Å². The Morgan fingerprint density at radius 3 is 2.43 bits per heavy atom. The molecule has 5 rings (SSSR count). The largest absolute Gasteiger partial charge is 0.508 e. The summed E-state index contributed by atoms with van der Waals surface area (Å²) in [4.78, 5) is 4.53. The number of likely N-dealkylation sites (N-methyl/N-ethyl adjacent to an activating group) is 1. The van der Waals surface area contributed by atoms with Gasteiger partial charge in [0.15, 0.2) is 23.1 Å². The van der Waals surface area contributed by atoms with Gasteiger partial charge in [0.1, 0.15) is 12.4 Å². The molecule has 0 saturated carbocycles. The maximum absolute atomic E-state index is 15.2. The molecule has 7 nitrogen and oxygen atoms in total. The molecule has 0 spiro atoms. The lowest BCUT2D eigenvalue weighted by molar-refractivity contribution is 0.0542. The molecular weight excluding hydrogens is 559 g/mol. The molecule has 1 atom stereocenters. The number of phenols is 1. The first-order chi connectivity index (χ1) is 21.4. The maximum atomic E-state index is 15.2. The molecule has 3 aromatic carbocycles. The third kappa shape index (κ3) is 7.77. The second-order valence-corrected chi connectivity index (χ2v) is 12.1. The van der Waals surface area contributed by atoms with Crippen LogP contribution in [-0.4, -0.2) is 70.7 Å². The van der Waals surface area contributed by atoms with E-state index in [1.54, 1.807) is 32.4 Å². The summed E-state index contributed by atoms with van der Waals surface area (Å²) in [6.07, 6.45) is 4.93. The van der Waals surface area contributed by atoms with Crippen LogP contribution in [0.4, 0.5) is 10.1 Å². The van der Waals surface area contributed by atoms with Gasteiger partial charge in [0.25, 0.3) is 0 Å². The Labute approximate surface area is 261 Å². The Bertz CT molecular complexity index is 1390. The molecule has 3 aromatic rings. The zero-order chi connectivity index (χ0) is 31.1. The third-order valence-electron chi connectivity index (χ3n) is 9.12. The van der Waals surface area contributed by atoms with E-state index in [1.165, 1.54) is 16.7 Å². The van der Waals surface area contributed by atoms with Gasteiger partial charge in [-0.25, -0.2) is 4.39 Å². The van der Waals surface area contributed by atoms with Crippen LogP contribution in [0.5, 0.6) is 23.0 Å². The van der Waals surface area contributed by atoms with Gasteiger partial charge >= 0.3 is 0 Å². The lowest BCUT2D eigenvalue weighted by Gasteiger charge is -2.32. The second kappa shape index (κ2) is 15.0. The molecule has 238 valence electrons. The molecule has 0 aromatic heterocycles. The van der Waals surface area contributed by atoms with E-state index in [2.05, 4.69) is 35.9 Å². The number of aromatic hydroxyl groups is 1. The average molecular weight is 607 g/mol. The lowest BCUT2D eigenvalue weighted by atomic mass is 9.79. The van der Waals surface area contributed by atoms with Gasteiger partial charge in [0, 0.05) is 51.1 Å². The Morgan fingerprint density at radius 1 is 0.932 bits per heavy atom. The highest BCUT2D eigenvalue weighted by Crippen LogP contribution is 2.43. The van der Waals surface area contributed by atoms with E-state index >= 15 is 4.39 Å². The minimum Gasteiger partial charge on any atom is -0.508 e. The van der Waals surface area contributed by atoms with Crippen LogP contribution in [0.25, 0.3) is 0 Å². The molecule has 1 heterocycles. The number of halogens is 1. The van der Waals surface area contributed by atoms with E-state index in [-0.39, 0.29) is 17.5 Å². The van der Waals surface area contributed by atoms with Gasteiger partial charge < -0.3 is 33.9 Å². The lowest BCUT2D eigenvalue weighted by Crippen LogP contribution is -2.32. The number of anilines is 1. The van der Waals surface area contributed by atoms with Gasteiger partial charge in [0.05, 0.1) is 14.2 Å². The van der Waals surface area contributed by atoms with Gasteiger partial charge in [-0.2, -0.15) is 0 Å². The molecule has 44 heavy (non-hydrogen) atoms. The summed E-state index contributed by atoms with van der Waals surface area (Å²) < 4.78 is 38.0. The molecule has 1 aliphatic carbocycles. The number of aryl methyl sites for hydroxylation is 1. The number of hydrogen-bond donors (Lipinski definition) is 1. The number of rotatable bonds is 13. The van der Waals surface area contributed by atoms with Crippen molar-refractivity contribution in [2.24, 2.45) is 5.92 Å². The van der Waals surface area contributed by atoms with E-state index < -0.39 is 0 Å². The first-order valence-corrected chi connectivity index (χ1v) is 15.9. The fourth-order valence-corrected chi connectivity index (χ4v) is 6.61. The predicted octanol–water partition coefficient (Wildman–Crippen LogP) is 6.58. The van der Waals surface area contributed by atoms with E-state index in [1.807, 2.05) is 18.2 Å². The highest BCUT2D eigenvalue weighted by molar-refractivity contribution is 5.64. The fraction of sp³-hybridized carbons (Fsp3) is 0.500. The van der Waals surface area contributed by atoms with Gasteiger partial charge in [-0.1, -0.05) is 12.1 Å². The van der Waals surface area contributed by atoms with Crippen molar-refractivity contribution in [3.63, 3.8) is 0 Å². The molecular formula is C36H47FN2O5. The topological polar surface area (TPSA) is 63.6 Å². The molecule has 0 radical (unpaired) electrons. The minimum atomic E-state index is -0.342. The maximum Gasteiger partial charge on any atom is 0.165 e. The van der Waals surface area contributed by atoms with Crippen molar-refractivity contribution < 1.29 is 28.4 Å². The minimum absolute atomic E-state index is 0.271. The van der Waals surface area contributed by atoms with Crippen LogP contribution >= 0.6 is 0 Å². The Hall–Kier alpha value is -3.49. The molecule has 0 bridgehead atoms. The van der Waals surface area contributed by atoms with Crippen molar-refractivity contribution in [1.82, 2.24) is 4.90 Å². The van der Waals surface area contributed by atoms with Crippen LogP contribution in [0.2, 0.25) is 0 Å². The van der Waals surface area contributed by atoms with Crippen LogP contribution in [0.3, 0.4) is 0 Å². The number of ether oxygens (including phenoxy) is 4. The smallest absolute Gasteiger partial charge is 0.165 e. The summed E-state index contributed by atoms with van der Waals surface area (Å²) in [7, 11) is 5.41. The standard InChI is InChI=1S/C36H47FN2O5/c1-5-39(24-26-6-11-34(32(37)18-26)44-17-14-38(2)23-25-12-15-43-16-13-25)33-22-36(42-4)35(41-3)21-31(33)29-8-7-28-20-30(40)10-9-27(28)19-29/h6,9-11,18,20-22,25,29,40H,5,7-8,12-17,19,23-24H2,1-4H3/t29-/m1/s1. The van der Waals surface area contributed by atoms with Gasteiger partial charge in [0.2, 0.25) is 0 Å². The van der Waals surface area contributed by atoms with Crippen LogP contribution in [-0.2, 0) is 24.1 Å². The molecule has 0 amide bonds. The quantitative estimate of drug-likeness (QED) is 0.236. The van der Waals surface area contributed by atoms with E-state index in [9.17, 15) is 5.11 Å². The zero-order valence-electron chi connectivity index (χ0n) is 26.6. The van der Waals surface area contributed by atoms with Crippen molar-refractivity contribution in [3.05, 3.63) is 76.6 Å². The van der Waals surface area contributed by atoms with E-state index in [4.69, 9.17) is 18.9 Å². The van der Waals surface area contributed by atoms with Crippen LogP contribution in [0.1, 0.15) is 54.4 Å². The van der Waals surface area contributed by atoms with Crippen molar-refractivity contribution in [2.45, 2.75) is 51.5 Å². The molecule has 1 saturated heterocycles. The third-order valence-corrected chi connectivity index (χ3v) is 9.12. The number of fused-ring (bicyclic) bond motifs is 1. The first-order valence-electron chi connectivity index (χ1n) is 15.9. The summed E-state index contributed by atoms with van der Waals surface area (Å²) in [5.74, 6) is 2.55. The summed E-state index contributed by atoms with van der Waals surface area (Å²) in [5, 5.41) is 9.97. The molecule has 2 aliphatic rings. The highest BCUT2D eigenvalue weighted by Gasteiger charge is 2.26. The number of methoxy groups -OCH3 is 2. The summed E-state index contributed by atoms with van der Waals surface area (Å²) in [6, 6.07) is 15.1. The predicted molar refractivity (Wildman–Crippen MR) is 172 cm³/mol. The Balaban J connectivity index is 1.29. The average Bonchev–Trinajstić information content (AvgIpc) is 3.04. The number of hydrogen-bond acceptors (Lipinski definition) is 7. The fourth-order valence-electron chi connectivity index (χ4n) is 6.61. The SMILES string of the molecule is CCN(Cc1ccc(OCCN(C)CC2CCOCC2)c(F)c1)c1cc(OC)c(OC)cc1[C@@H]1CCc2cc(O)ccc2C1. The van der Waals surface area contributed by atoms with Crippen molar-refractivity contribution in [2.75, 3.05) is 65.6 Å². The molecule has 8 heteroatoms. The van der Waals surface area contributed by atoms with Crippen LogP contribution in [0, 0.1) is 11.7 Å². The summed E-state index contributed by atoms with van der Waals surface area (Å²) in [6.45, 7) is 7.28. The first kappa shape index (κ1) is 31.9. The second-order valence-electron chi connectivity index (χ2n) is 12.1. The number of benzene rings is 3. The molecule has 1 N–H and O–H groups in total. The number of phenolic OH excluding ortho intramolecular Hbond substituents is 1.